The fraction of sp³-hybridized carbons (Fsp3) is 0.167. The van der Waals surface area contributed by atoms with E-state index in [4.69, 9.17) is 23.2 Å². The third kappa shape index (κ3) is 3.07. The summed E-state index contributed by atoms with van der Waals surface area (Å²) < 4.78 is 2.07. The molecule has 90 valence electrons. The van der Waals surface area contributed by atoms with E-state index in [1.807, 2.05) is 18.2 Å². The van der Waals surface area contributed by atoms with Crippen LogP contribution in [0.5, 0.6) is 0 Å². The van der Waals surface area contributed by atoms with E-state index in [0.29, 0.717) is 5.02 Å². The van der Waals surface area contributed by atoms with Crippen molar-refractivity contribution in [2.75, 3.05) is 0 Å². The molecule has 0 radical (unpaired) electrons. The Morgan fingerprint density at radius 1 is 1.18 bits per heavy atom. The van der Waals surface area contributed by atoms with Gasteiger partial charge in [-0.1, -0.05) is 27.5 Å². The Bertz CT molecular complexity index is 551. The first kappa shape index (κ1) is 13.9. The van der Waals surface area contributed by atoms with Gasteiger partial charge in [-0.2, -0.15) is 0 Å². The van der Waals surface area contributed by atoms with Crippen LogP contribution in [0, 0.1) is 6.92 Å². The predicted molar refractivity (Wildman–Crippen MR) is 83.6 cm³/mol. The SMILES string of the molecule is Cc1sc(Br)cc1C(Cl)c1cc(Cl)ccc1Br. The molecule has 5 heteroatoms. The highest BCUT2D eigenvalue weighted by atomic mass is 79.9. The summed E-state index contributed by atoms with van der Waals surface area (Å²) >= 11 is 21.2. The number of aryl methyl sites for hydroxylation is 1. The first-order valence-electron chi connectivity index (χ1n) is 4.84. The molecule has 17 heavy (non-hydrogen) atoms. The maximum absolute atomic E-state index is 6.52. The van der Waals surface area contributed by atoms with Gasteiger partial charge in [0.1, 0.15) is 0 Å². The van der Waals surface area contributed by atoms with Crippen molar-refractivity contribution in [1.29, 1.82) is 0 Å². The van der Waals surface area contributed by atoms with Gasteiger partial charge >= 0.3 is 0 Å². The Morgan fingerprint density at radius 2 is 1.88 bits per heavy atom. The second-order valence-corrected chi connectivity index (χ2v) is 7.95. The van der Waals surface area contributed by atoms with E-state index in [1.54, 1.807) is 11.3 Å². The Kier molecular flexibility index (Phi) is 4.59. The molecule has 0 saturated carbocycles. The summed E-state index contributed by atoms with van der Waals surface area (Å²) in [5, 5.41) is 0.506. The summed E-state index contributed by atoms with van der Waals surface area (Å²) in [6, 6.07) is 7.72. The molecule has 1 aromatic heterocycles. The highest BCUT2D eigenvalue weighted by Crippen LogP contribution is 2.40. The zero-order valence-electron chi connectivity index (χ0n) is 8.81. The minimum atomic E-state index is -0.189. The standard InChI is InChI=1S/C12H8Br2Cl2S/c1-6-8(5-11(14)17-6)12(16)9-4-7(15)2-3-10(9)13/h2-5,12H,1H3. The lowest BCUT2D eigenvalue weighted by Gasteiger charge is -2.12. The molecule has 0 amide bonds. The number of thiophene rings is 1. The molecule has 0 nitrogen and oxygen atoms in total. The molecule has 2 rings (SSSR count). The van der Waals surface area contributed by atoms with Crippen LogP contribution in [0.15, 0.2) is 32.5 Å². The maximum Gasteiger partial charge on any atom is 0.0857 e. The lowest BCUT2D eigenvalue weighted by molar-refractivity contribution is 1.12. The minimum Gasteiger partial charge on any atom is -0.133 e. The summed E-state index contributed by atoms with van der Waals surface area (Å²) in [7, 11) is 0. The molecule has 0 aliphatic carbocycles. The van der Waals surface area contributed by atoms with Crippen LogP contribution in [0.1, 0.15) is 21.4 Å². The van der Waals surface area contributed by atoms with Crippen molar-refractivity contribution in [2.45, 2.75) is 12.3 Å². The van der Waals surface area contributed by atoms with Gasteiger partial charge < -0.3 is 0 Å². The summed E-state index contributed by atoms with van der Waals surface area (Å²) in [4.78, 5) is 1.21. The lowest BCUT2D eigenvalue weighted by Crippen LogP contribution is -1.94. The third-order valence-electron chi connectivity index (χ3n) is 2.43. The smallest absolute Gasteiger partial charge is 0.0857 e. The van der Waals surface area contributed by atoms with Crippen LogP contribution in [-0.4, -0.2) is 0 Å². The van der Waals surface area contributed by atoms with Gasteiger partial charge in [0.15, 0.2) is 0 Å². The highest BCUT2D eigenvalue weighted by molar-refractivity contribution is 9.11. The van der Waals surface area contributed by atoms with Crippen LogP contribution >= 0.6 is 66.4 Å². The third-order valence-corrected chi connectivity index (χ3v) is 5.43. The molecule has 1 atom stereocenters. The molecule has 1 aromatic carbocycles. The van der Waals surface area contributed by atoms with E-state index in [2.05, 4.69) is 44.8 Å². The van der Waals surface area contributed by atoms with Crippen molar-refractivity contribution in [2.24, 2.45) is 0 Å². The predicted octanol–water partition coefficient (Wildman–Crippen LogP) is 6.56. The largest absolute Gasteiger partial charge is 0.133 e. The van der Waals surface area contributed by atoms with E-state index < -0.39 is 0 Å². The summed E-state index contributed by atoms with van der Waals surface area (Å²) in [5.41, 5.74) is 2.11. The van der Waals surface area contributed by atoms with Gasteiger partial charge in [-0.15, -0.1) is 22.9 Å². The molecule has 0 aliphatic heterocycles. The van der Waals surface area contributed by atoms with Crippen LogP contribution in [0.4, 0.5) is 0 Å². The van der Waals surface area contributed by atoms with Gasteiger partial charge in [-0.25, -0.2) is 0 Å². The van der Waals surface area contributed by atoms with Gasteiger partial charge in [0.05, 0.1) is 9.16 Å². The van der Waals surface area contributed by atoms with Gasteiger partial charge in [-0.3, -0.25) is 0 Å². The molecule has 0 N–H and O–H groups in total. The second kappa shape index (κ2) is 5.62. The van der Waals surface area contributed by atoms with Crippen LogP contribution in [-0.2, 0) is 0 Å². The highest BCUT2D eigenvalue weighted by Gasteiger charge is 2.18. The zero-order valence-corrected chi connectivity index (χ0v) is 14.3. The molecular formula is C12H8Br2Cl2S. The Morgan fingerprint density at radius 3 is 2.47 bits per heavy atom. The number of benzene rings is 1. The van der Waals surface area contributed by atoms with Crippen molar-refractivity contribution in [3.8, 4) is 0 Å². The van der Waals surface area contributed by atoms with Crippen LogP contribution in [0.3, 0.4) is 0 Å². The summed E-state index contributed by atoms with van der Waals surface area (Å²) in [6.45, 7) is 2.07. The lowest BCUT2D eigenvalue weighted by atomic mass is 10.1. The Hall–Kier alpha value is 0.460. The molecule has 0 bridgehead atoms. The van der Waals surface area contributed by atoms with Gasteiger partial charge in [-0.05, 0) is 58.2 Å². The molecule has 2 aromatic rings. The van der Waals surface area contributed by atoms with Crippen molar-refractivity contribution in [3.05, 3.63) is 53.6 Å². The molecule has 0 aliphatic rings. The molecule has 1 heterocycles. The fourth-order valence-corrected chi connectivity index (χ4v) is 4.59. The maximum atomic E-state index is 6.52. The Labute approximate surface area is 131 Å². The summed E-state index contributed by atoms with van der Waals surface area (Å²) in [6.07, 6.45) is 0. The molecule has 0 saturated heterocycles. The van der Waals surface area contributed by atoms with Crippen molar-refractivity contribution in [1.82, 2.24) is 0 Å². The van der Waals surface area contributed by atoms with Crippen LogP contribution < -0.4 is 0 Å². The van der Waals surface area contributed by atoms with Crippen molar-refractivity contribution < 1.29 is 0 Å². The van der Waals surface area contributed by atoms with E-state index in [0.717, 1.165) is 19.4 Å². The van der Waals surface area contributed by atoms with E-state index in [1.165, 1.54) is 4.88 Å². The fourth-order valence-electron chi connectivity index (χ4n) is 1.59. The first-order chi connectivity index (χ1) is 7.99. The normalized spacial score (nSPS) is 12.8. The van der Waals surface area contributed by atoms with Crippen LogP contribution in [0.2, 0.25) is 5.02 Å². The van der Waals surface area contributed by atoms with Gasteiger partial charge in [0.2, 0.25) is 0 Å². The van der Waals surface area contributed by atoms with Crippen LogP contribution in [0.25, 0.3) is 0 Å². The number of hydrogen-bond donors (Lipinski definition) is 0. The average molecular weight is 415 g/mol. The van der Waals surface area contributed by atoms with E-state index in [9.17, 15) is 0 Å². The second-order valence-electron chi connectivity index (χ2n) is 3.59. The van der Waals surface area contributed by atoms with Crippen molar-refractivity contribution >= 4 is 66.4 Å². The molecule has 0 fully saturated rings. The number of hydrogen-bond acceptors (Lipinski definition) is 1. The molecular weight excluding hydrogens is 407 g/mol. The Balaban J connectivity index is 2.46. The van der Waals surface area contributed by atoms with Crippen molar-refractivity contribution in [3.63, 3.8) is 0 Å². The monoisotopic (exact) mass is 412 g/mol. The molecule has 1 unspecified atom stereocenters. The van der Waals surface area contributed by atoms with E-state index in [-0.39, 0.29) is 5.38 Å². The van der Waals surface area contributed by atoms with E-state index >= 15 is 0 Å². The number of halogens is 4. The van der Waals surface area contributed by atoms with Gasteiger partial charge in [0.25, 0.3) is 0 Å². The average Bonchev–Trinajstić information content (AvgIpc) is 2.60. The van der Waals surface area contributed by atoms with Gasteiger partial charge in [0, 0.05) is 14.4 Å². The summed E-state index contributed by atoms with van der Waals surface area (Å²) in [5.74, 6) is 0. The zero-order chi connectivity index (χ0) is 12.6. The first-order valence-corrected chi connectivity index (χ1v) is 8.05. The number of alkyl halides is 1. The topological polar surface area (TPSA) is 0 Å². The minimum absolute atomic E-state index is 0.189. The quantitative estimate of drug-likeness (QED) is 0.488. The molecule has 0 spiro atoms. The number of rotatable bonds is 2.